The van der Waals surface area contributed by atoms with Gasteiger partial charge in [0.2, 0.25) is 0 Å². The van der Waals surface area contributed by atoms with Crippen molar-refractivity contribution < 1.29 is 4.42 Å². The first-order valence-electron chi connectivity index (χ1n) is 6.55. The van der Waals surface area contributed by atoms with E-state index in [0.717, 1.165) is 17.6 Å². The molecular formula is C14H19N3O. The number of hydrogen-bond acceptors (Lipinski definition) is 4. The second-order valence-corrected chi connectivity index (χ2v) is 5.62. The van der Waals surface area contributed by atoms with Crippen LogP contribution in [0.15, 0.2) is 22.6 Å². The number of fused-ring (bicyclic) bond motifs is 1. The van der Waals surface area contributed by atoms with Crippen LogP contribution in [0.5, 0.6) is 0 Å². The molecular weight excluding hydrogens is 226 g/mol. The zero-order chi connectivity index (χ0) is 12.6. The summed E-state index contributed by atoms with van der Waals surface area (Å²) in [6.45, 7) is 3.25. The van der Waals surface area contributed by atoms with Crippen molar-refractivity contribution in [2.45, 2.75) is 32.6 Å². The highest BCUT2D eigenvalue weighted by molar-refractivity contribution is 5.78. The fourth-order valence-corrected chi connectivity index (χ4v) is 2.71. The third-order valence-corrected chi connectivity index (χ3v) is 3.89. The fraction of sp³-hybridized carbons (Fsp3) is 0.500. The van der Waals surface area contributed by atoms with E-state index >= 15 is 0 Å². The van der Waals surface area contributed by atoms with Crippen molar-refractivity contribution in [3.8, 4) is 0 Å². The summed E-state index contributed by atoms with van der Waals surface area (Å²) in [5.41, 5.74) is 8.40. The van der Waals surface area contributed by atoms with E-state index in [1.54, 1.807) is 0 Å². The average molecular weight is 245 g/mol. The Morgan fingerprint density at radius 2 is 2.17 bits per heavy atom. The number of anilines is 2. The molecule has 4 heteroatoms. The largest absolute Gasteiger partial charge is 0.423 e. The summed E-state index contributed by atoms with van der Waals surface area (Å²) >= 11 is 0. The molecule has 1 fully saturated rings. The van der Waals surface area contributed by atoms with Gasteiger partial charge in [-0.2, -0.15) is 4.98 Å². The maximum Gasteiger partial charge on any atom is 0.295 e. The third-order valence-electron chi connectivity index (χ3n) is 3.89. The third kappa shape index (κ3) is 2.15. The molecule has 3 rings (SSSR count). The number of rotatable bonds is 3. The van der Waals surface area contributed by atoms with Crippen LogP contribution in [-0.2, 0) is 0 Å². The van der Waals surface area contributed by atoms with Crippen LogP contribution in [-0.4, -0.2) is 11.5 Å². The highest BCUT2D eigenvalue weighted by atomic mass is 16.4. The van der Waals surface area contributed by atoms with E-state index < -0.39 is 0 Å². The summed E-state index contributed by atoms with van der Waals surface area (Å²) < 4.78 is 5.65. The SMILES string of the molecule is CC1(CNc2nc3ccc(N)cc3o2)CCCC1. The first-order chi connectivity index (χ1) is 8.65. The predicted octanol–water partition coefficient (Wildman–Crippen LogP) is 3.40. The van der Waals surface area contributed by atoms with Gasteiger partial charge in [-0.05, 0) is 30.4 Å². The lowest BCUT2D eigenvalue weighted by atomic mass is 9.89. The standard InChI is InChI=1S/C14H19N3O/c1-14(6-2-3-7-14)9-16-13-17-11-5-4-10(15)8-12(11)18-13/h4-5,8H,2-3,6-7,9,15H2,1H3,(H,16,17). The molecule has 0 aliphatic heterocycles. The van der Waals surface area contributed by atoms with Crippen molar-refractivity contribution in [3.63, 3.8) is 0 Å². The van der Waals surface area contributed by atoms with Crippen LogP contribution in [0.1, 0.15) is 32.6 Å². The Bertz CT molecular complexity index is 555. The van der Waals surface area contributed by atoms with Crippen LogP contribution in [0.25, 0.3) is 11.1 Å². The Hall–Kier alpha value is -1.71. The highest BCUT2D eigenvalue weighted by Gasteiger charge is 2.28. The van der Waals surface area contributed by atoms with Gasteiger partial charge in [-0.25, -0.2) is 0 Å². The second kappa shape index (κ2) is 4.19. The molecule has 1 heterocycles. The molecule has 0 atom stereocenters. The van der Waals surface area contributed by atoms with E-state index in [1.807, 2.05) is 18.2 Å². The molecule has 0 bridgehead atoms. The minimum atomic E-state index is 0.389. The lowest BCUT2D eigenvalue weighted by molar-refractivity contribution is 0.358. The number of oxazole rings is 1. The summed E-state index contributed by atoms with van der Waals surface area (Å²) in [5.74, 6) is 0. The van der Waals surface area contributed by atoms with Crippen LogP contribution < -0.4 is 11.1 Å². The molecule has 1 aliphatic rings. The van der Waals surface area contributed by atoms with E-state index in [4.69, 9.17) is 10.2 Å². The van der Waals surface area contributed by atoms with E-state index in [2.05, 4.69) is 17.2 Å². The van der Waals surface area contributed by atoms with Gasteiger partial charge >= 0.3 is 0 Å². The van der Waals surface area contributed by atoms with Gasteiger partial charge < -0.3 is 15.5 Å². The first kappa shape index (κ1) is 11.4. The van der Waals surface area contributed by atoms with Crippen molar-refractivity contribution >= 4 is 22.8 Å². The second-order valence-electron chi connectivity index (χ2n) is 5.62. The summed E-state index contributed by atoms with van der Waals surface area (Å²) in [6.07, 6.45) is 5.24. The maximum absolute atomic E-state index is 5.72. The smallest absolute Gasteiger partial charge is 0.295 e. The molecule has 1 saturated carbocycles. The Morgan fingerprint density at radius 3 is 2.94 bits per heavy atom. The van der Waals surface area contributed by atoms with Crippen molar-refractivity contribution in [2.24, 2.45) is 5.41 Å². The Morgan fingerprint density at radius 1 is 1.39 bits per heavy atom. The van der Waals surface area contributed by atoms with Crippen molar-refractivity contribution in [1.82, 2.24) is 4.98 Å². The van der Waals surface area contributed by atoms with Gasteiger partial charge in [-0.15, -0.1) is 0 Å². The molecule has 3 N–H and O–H groups in total. The molecule has 18 heavy (non-hydrogen) atoms. The summed E-state index contributed by atoms with van der Waals surface area (Å²) in [6, 6.07) is 6.14. The Balaban J connectivity index is 1.74. The lowest BCUT2D eigenvalue weighted by Crippen LogP contribution is -2.22. The molecule has 0 radical (unpaired) electrons. The van der Waals surface area contributed by atoms with Gasteiger partial charge in [-0.3, -0.25) is 0 Å². The maximum atomic E-state index is 5.72. The lowest BCUT2D eigenvalue weighted by Gasteiger charge is -2.22. The molecule has 4 nitrogen and oxygen atoms in total. The fourth-order valence-electron chi connectivity index (χ4n) is 2.71. The molecule has 1 aliphatic carbocycles. The van der Waals surface area contributed by atoms with E-state index in [1.165, 1.54) is 25.7 Å². The van der Waals surface area contributed by atoms with Gasteiger partial charge in [0.05, 0.1) is 0 Å². The highest BCUT2D eigenvalue weighted by Crippen LogP contribution is 2.37. The number of nitrogens with zero attached hydrogens (tertiary/aromatic N) is 1. The average Bonchev–Trinajstić information content (AvgIpc) is 2.93. The topological polar surface area (TPSA) is 64.1 Å². The molecule has 1 aromatic heterocycles. The number of benzene rings is 1. The minimum absolute atomic E-state index is 0.389. The van der Waals surface area contributed by atoms with Crippen molar-refractivity contribution in [3.05, 3.63) is 18.2 Å². The van der Waals surface area contributed by atoms with Gasteiger partial charge in [0.25, 0.3) is 6.01 Å². The zero-order valence-corrected chi connectivity index (χ0v) is 10.7. The molecule has 96 valence electrons. The van der Waals surface area contributed by atoms with Crippen LogP contribution >= 0.6 is 0 Å². The van der Waals surface area contributed by atoms with E-state index in [9.17, 15) is 0 Å². The predicted molar refractivity (Wildman–Crippen MR) is 73.5 cm³/mol. The minimum Gasteiger partial charge on any atom is -0.423 e. The quantitative estimate of drug-likeness (QED) is 0.813. The summed E-state index contributed by atoms with van der Waals surface area (Å²) in [4.78, 5) is 4.41. The van der Waals surface area contributed by atoms with E-state index in [0.29, 0.717) is 17.1 Å². The van der Waals surface area contributed by atoms with Crippen molar-refractivity contribution in [2.75, 3.05) is 17.6 Å². The number of nitrogens with one attached hydrogen (secondary N) is 1. The van der Waals surface area contributed by atoms with Gasteiger partial charge in [-0.1, -0.05) is 19.8 Å². The van der Waals surface area contributed by atoms with E-state index in [-0.39, 0.29) is 0 Å². The van der Waals surface area contributed by atoms with Gasteiger partial charge in [0, 0.05) is 18.3 Å². The van der Waals surface area contributed by atoms with Crippen LogP contribution in [0, 0.1) is 5.41 Å². The van der Waals surface area contributed by atoms with Crippen LogP contribution in [0.4, 0.5) is 11.7 Å². The van der Waals surface area contributed by atoms with Crippen LogP contribution in [0.2, 0.25) is 0 Å². The zero-order valence-electron chi connectivity index (χ0n) is 10.7. The molecule has 0 saturated heterocycles. The monoisotopic (exact) mass is 245 g/mol. The molecule has 0 amide bonds. The summed E-state index contributed by atoms with van der Waals surface area (Å²) in [5, 5.41) is 3.32. The van der Waals surface area contributed by atoms with Gasteiger partial charge in [0.15, 0.2) is 5.58 Å². The van der Waals surface area contributed by atoms with Crippen molar-refractivity contribution in [1.29, 1.82) is 0 Å². The normalized spacial score (nSPS) is 18.3. The molecule has 2 aromatic rings. The molecule has 0 spiro atoms. The Kier molecular flexibility index (Phi) is 2.65. The van der Waals surface area contributed by atoms with Crippen LogP contribution in [0.3, 0.4) is 0 Å². The molecule has 1 aromatic carbocycles. The van der Waals surface area contributed by atoms with Gasteiger partial charge in [0.1, 0.15) is 5.52 Å². The first-order valence-corrected chi connectivity index (χ1v) is 6.55. The summed E-state index contributed by atoms with van der Waals surface area (Å²) in [7, 11) is 0. The number of nitrogens with two attached hydrogens (primary N) is 1. The number of nitrogen functional groups attached to an aromatic ring is 1. The number of aromatic nitrogens is 1. The Labute approximate surface area is 107 Å². The number of hydrogen-bond donors (Lipinski definition) is 2. The molecule has 0 unspecified atom stereocenters.